The van der Waals surface area contributed by atoms with E-state index in [9.17, 15) is 22.4 Å². The Hall–Kier alpha value is -1.83. The zero-order valence-electron chi connectivity index (χ0n) is 10.8. The average Bonchev–Trinajstić information content (AvgIpc) is 2.99. The number of carbonyl (C=O) groups is 1. The lowest BCUT2D eigenvalue weighted by Crippen LogP contribution is -2.26. The van der Waals surface area contributed by atoms with Gasteiger partial charge in [-0.1, -0.05) is 6.07 Å². The smallest absolute Gasteiger partial charge is 0.403 e. The molecule has 114 valence electrons. The fourth-order valence-corrected chi connectivity index (χ4v) is 2.59. The van der Waals surface area contributed by atoms with Crippen molar-refractivity contribution in [3.8, 4) is 5.75 Å². The summed E-state index contributed by atoms with van der Waals surface area (Å²) in [6, 6.07) is 3.67. The Kier molecular flexibility index (Phi) is 3.27. The molecule has 1 N–H and O–H groups in total. The largest absolute Gasteiger partial charge is 0.573 e. The molecule has 1 aromatic rings. The Bertz CT molecular complexity index is 566. The molecule has 0 saturated carbocycles. The maximum Gasteiger partial charge on any atom is 0.573 e. The Morgan fingerprint density at radius 2 is 2.10 bits per heavy atom. The van der Waals surface area contributed by atoms with E-state index in [-0.39, 0.29) is 17.5 Å². The number of carbonyl (C=O) groups excluding carboxylic acids is 1. The van der Waals surface area contributed by atoms with Gasteiger partial charge < -0.3 is 10.1 Å². The molecule has 0 radical (unpaired) electrons. The first-order valence-electron chi connectivity index (χ1n) is 6.42. The van der Waals surface area contributed by atoms with Crippen molar-refractivity contribution >= 4 is 11.6 Å². The molecule has 2 heterocycles. The maximum absolute atomic E-state index is 13.9. The fourth-order valence-electron chi connectivity index (χ4n) is 2.59. The second kappa shape index (κ2) is 4.87. The van der Waals surface area contributed by atoms with Gasteiger partial charge in [-0.25, -0.2) is 4.39 Å². The SMILES string of the molecule is O=C(Nc1cccc(OC(F)(F)F)c1F)C1CC2CN2C1. The van der Waals surface area contributed by atoms with Crippen LogP contribution in [0, 0.1) is 11.7 Å². The summed E-state index contributed by atoms with van der Waals surface area (Å²) < 4.78 is 53.8. The third-order valence-corrected chi connectivity index (χ3v) is 3.66. The zero-order chi connectivity index (χ0) is 15.2. The molecule has 3 unspecified atom stereocenters. The third-order valence-electron chi connectivity index (χ3n) is 3.66. The molecule has 1 amide bonds. The van der Waals surface area contributed by atoms with Crippen molar-refractivity contribution in [3.63, 3.8) is 0 Å². The van der Waals surface area contributed by atoms with Crippen LogP contribution in [0.5, 0.6) is 5.75 Å². The van der Waals surface area contributed by atoms with Gasteiger partial charge in [0.2, 0.25) is 5.91 Å². The molecule has 1 aromatic carbocycles. The molecule has 0 aromatic heterocycles. The molecular formula is C13H12F4N2O2. The summed E-state index contributed by atoms with van der Waals surface area (Å²) in [5.74, 6) is -2.83. The standard InChI is InChI=1S/C13H12F4N2O2/c14-11-9(2-1-3-10(11)21-13(15,16)17)18-12(20)7-4-8-6-19(8)5-7/h1-3,7-8H,4-6H2,(H,18,20). The first-order valence-corrected chi connectivity index (χ1v) is 6.42. The zero-order valence-corrected chi connectivity index (χ0v) is 10.8. The van der Waals surface area contributed by atoms with Gasteiger partial charge in [-0.05, 0) is 18.6 Å². The fraction of sp³-hybridized carbons (Fsp3) is 0.462. The van der Waals surface area contributed by atoms with Gasteiger partial charge in [-0.3, -0.25) is 9.69 Å². The summed E-state index contributed by atoms with van der Waals surface area (Å²) in [4.78, 5) is 14.1. The molecule has 0 spiro atoms. The summed E-state index contributed by atoms with van der Waals surface area (Å²) in [7, 11) is 0. The van der Waals surface area contributed by atoms with Gasteiger partial charge in [0.05, 0.1) is 11.6 Å². The molecule has 3 rings (SSSR count). The highest BCUT2D eigenvalue weighted by Crippen LogP contribution is 2.35. The molecule has 8 heteroatoms. The molecule has 0 aliphatic carbocycles. The molecule has 2 saturated heterocycles. The topological polar surface area (TPSA) is 41.3 Å². The van der Waals surface area contributed by atoms with E-state index in [4.69, 9.17) is 0 Å². The van der Waals surface area contributed by atoms with Crippen LogP contribution in [-0.4, -0.2) is 36.3 Å². The van der Waals surface area contributed by atoms with Crippen molar-refractivity contribution in [3.05, 3.63) is 24.0 Å². The number of alkyl halides is 3. The number of halogens is 4. The van der Waals surface area contributed by atoms with Crippen LogP contribution in [0.4, 0.5) is 23.2 Å². The van der Waals surface area contributed by atoms with Gasteiger partial charge in [0.15, 0.2) is 11.6 Å². The number of nitrogens with zero attached hydrogens (tertiary/aromatic N) is 1. The number of amides is 1. The number of rotatable bonds is 3. The number of piperidine rings is 1. The van der Waals surface area contributed by atoms with E-state index in [0.717, 1.165) is 12.6 Å². The minimum absolute atomic E-state index is 0.254. The van der Waals surface area contributed by atoms with E-state index in [1.54, 1.807) is 0 Å². The number of nitrogens with one attached hydrogen (secondary N) is 1. The lowest BCUT2D eigenvalue weighted by Gasteiger charge is -2.15. The predicted octanol–water partition coefficient (Wildman–Crippen LogP) is 2.37. The van der Waals surface area contributed by atoms with Crippen LogP contribution in [0.15, 0.2) is 18.2 Å². The lowest BCUT2D eigenvalue weighted by molar-refractivity contribution is -0.275. The minimum atomic E-state index is -4.98. The number of anilines is 1. The summed E-state index contributed by atoms with van der Waals surface area (Å²) in [5, 5.41) is 2.33. The summed E-state index contributed by atoms with van der Waals surface area (Å²) in [6.07, 6.45) is -4.28. The number of fused-ring (bicyclic) bond motifs is 1. The van der Waals surface area contributed by atoms with Crippen molar-refractivity contribution < 1.29 is 27.1 Å². The maximum atomic E-state index is 13.9. The van der Waals surface area contributed by atoms with Crippen LogP contribution < -0.4 is 10.1 Å². The van der Waals surface area contributed by atoms with Crippen molar-refractivity contribution in [2.45, 2.75) is 18.8 Å². The Morgan fingerprint density at radius 3 is 2.71 bits per heavy atom. The van der Waals surface area contributed by atoms with Crippen LogP contribution >= 0.6 is 0 Å². The third kappa shape index (κ3) is 3.10. The van der Waals surface area contributed by atoms with E-state index >= 15 is 0 Å². The Labute approximate surface area is 117 Å². The van der Waals surface area contributed by atoms with E-state index in [0.29, 0.717) is 19.0 Å². The normalized spacial score (nSPS) is 27.1. The number of benzene rings is 1. The molecule has 4 nitrogen and oxygen atoms in total. The molecule has 21 heavy (non-hydrogen) atoms. The summed E-state index contributed by atoms with van der Waals surface area (Å²) in [5.41, 5.74) is -0.308. The van der Waals surface area contributed by atoms with Gasteiger partial charge in [0.25, 0.3) is 0 Å². The quantitative estimate of drug-likeness (QED) is 0.688. The van der Waals surface area contributed by atoms with Gasteiger partial charge in [-0.2, -0.15) is 0 Å². The van der Waals surface area contributed by atoms with E-state index in [1.165, 1.54) is 12.1 Å². The van der Waals surface area contributed by atoms with Crippen LogP contribution in [0.1, 0.15) is 6.42 Å². The first-order chi connectivity index (χ1) is 9.83. The van der Waals surface area contributed by atoms with Gasteiger partial charge in [0.1, 0.15) is 0 Å². The lowest BCUT2D eigenvalue weighted by atomic mass is 10.0. The highest BCUT2D eigenvalue weighted by Gasteiger charge is 2.46. The molecule has 2 aliphatic rings. The second-order valence-corrected chi connectivity index (χ2v) is 5.20. The number of ether oxygens (including phenoxy) is 1. The molecule has 2 fully saturated rings. The van der Waals surface area contributed by atoms with Gasteiger partial charge in [-0.15, -0.1) is 13.2 Å². The molecule has 2 aliphatic heterocycles. The number of hydrogen-bond donors (Lipinski definition) is 1. The monoisotopic (exact) mass is 304 g/mol. The summed E-state index contributed by atoms with van der Waals surface area (Å²) >= 11 is 0. The predicted molar refractivity (Wildman–Crippen MR) is 65.2 cm³/mol. The Balaban J connectivity index is 1.70. The van der Waals surface area contributed by atoms with Crippen molar-refractivity contribution in [1.29, 1.82) is 0 Å². The van der Waals surface area contributed by atoms with E-state index < -0.39 is 17.9 Å². The van der Waals surface area contributed by atoms with Crippen molar-refractivity contribution in [2.75, 3.05) is 18.4 Å². The highest BCUT2D eigenvalue weighted by molar-refractivity contribution is 5.93. The van der Waals surface area contributed by atoms with Crippen molar-refractivity contribution in [1.82, 2.24) is 4.90 Å². The molecular weight excluding hydrogens is 292 g/mol. The van der Waals surface area contributed by atoms with Gasteiger partial charge >= 0.3 is 6.36 Å². The Morgan fingerprint density at radius 1 is 1.33 bits per heavy atom. The average molecular weight is 304 g/mol. The highest BCUT2D eigenvalue weighted by atomic mass is 19.4. The van der Waals surface area contributed by atoms with Crippen LogP contribution in [0.3, 0.4) is 0 Å². The van der Waals surface area contributed by atoms with Crippen LogP contribution in [0.25, 0.3) is 0 Å². The van der Waals surface area contributed by atoms with Crippen molar-refractivity contribution in [2.24, 2.45) is 5.92 Å². The van der Waals surface area contributed by atoms with E-state index in [2.05, 4.69) is 15.0 Å². The summed E-state index contributed by atoms with van der Waals surface area (Å²) in [6.45, 7) is 1.59. The molecule has 3 atom stereocenters. The minimum Gasteiger partial charge on any atom is -0.403 e. The first kappa shape index (κ1) is 14.1. The van der Waals surface area contributed by atoms with Gasteiger partial charge in [0, 0.05) is 19.1 Å². The van der Waals surface area contributed by atoms with Crippen LogP contribution in [-0.2, 0) is 4.79 Å². The number of hydrogen-bond acceptors (Lipinski definition) is 3. The van der Waals surface area contributed by atoms with E-state index in [1.807, 2.05) is 0 Å². The van der Waals surface area contributed by atoms with Crippen LogP contribution in [0.2, 0.25) is 0 Å². The second-order valence-electron chi connectivity index (χ2n) is 5.20. The molecule has 0 bridgehead atoms.